The highest BCUT2D eigenvalue weighted by atomic mass is 16.2. The first-order valence-electron chi connectivity index (χ1n) is 14.9. The summed E-state index contributed by atoms with van der Waals surface area (Å²) in [5.74, 6) is 1.26. The lowest BCUT2D eigenvalue weighted by molar-refractivity contribution is -0.140. The van der Waals surface area contributed by atoms with Gasteiger partial charge in [-0.25, -0.2) is 4.79 Å². The van der Waals surface area contributed by atoms with Gasteiger partial charge >= 0.3 is 6.03 Å². The van der Waals surface area contributed by atoms with Gasteiger partial charge in [-0.2, -0.15) is 0 Å². The zero-order valence-corrected chi connectivity index (χ0v) is 23.4. The number of hydrogen-bond donors (Lipinski definition) is 0. The van der Waals surface area contributed by atoms with E-state index >= 15 is 0 Å². The van der Waals surface area contributed by atoms with Crippen molar-refractivity contribution >= 4 is 11.9 Å². The lowest BCUT2D eigenvalue weighted by Gasteiger charge is -2.50. The number of benzene rings is 1. The number of amides is 3. The first-order chi connectivity index (χ1) is 17.7. The Labute approximate surface area is 223 Å². The maximum Gasteiger partial charge on any atom is 0.320 e. The molecular weight excluding hydrogens is 460 g/mol. The highest BCUT2D eigenvalue weighted by Gasteiger charge is 2.57. The van der Waals surface area contributed by atoms with Gasteiger partial charge in [-0.3, -0.25) is 9.69 Å². The number of rotatable bonds is 5. The van der Waals surface area contributed by atoms with Gasteiger partial charge in [0.25, 0.3) is 0 Å². The van der Waals surface area contributed by atoms with Gasteiger partial charge in [0.1, 0.15) is 0 Å². The second-order valence-electron chi connectivity index (χ2n) is 13.6. The van der Waals surface area contributed by atoms with Crippen molar-refractivity contribution in [1.82, 2.24) is 19.6 Å². The molecule has 1 aromatic rings. The number of carbonyl (C=O) groups excluding carboxylic acids is 2. The van der Waals surface area contributed by atoms with Gasteiger partial charge in [0, 0.05) is 62.7 Å². The molecule has 3 amide bonds. The van der Waals surface area contributed by atoms with E-state index in [1.165, 1.54) is 31.2 Å². The molecule has 1 aromatic carbocycles. The van der Waals surface area contributed by atoms with E-state index < -0.39 is 0 Å². The molecule has 2 unspecified atom stereocenters. The predicted molar refractivity (Wildman–Crippen MR) is 146 cm³/mol. The minimum Gasteiger partial charge on any atom is -0.341 e. The van der Waals surface area contributed by atoms with Crippen LogP contribution >= 0.6 is 0 Å². The number of likely N-dealkylation sites (N-methyl/N-ethyl adjacent to an activating group) is 1. The molecule has 1 aliphatic carbocycles. The van der Waals surface area contributed by atoms with Crippen LogP contribution in [0.3, 0.4) is 0 Å². The summed E-state index contributed by atoms with van der Waals surface area (Å²) < 4.78 is 0. The zero-order chi connectivity index (χ0) is 25.9. The Morgan fingerprint density at radius 1 is 1.03 bits per heavy atom. The van der Waals surface area contributed by atoms with E-state index in [9.17, 15) is 9.59 Å². The molecule has 0 N–H and O–H groups in total. The molecular formula is C31H46N4O2. The van der Waals surface area contributed by atoms with Gasteiger partial charge in [0.2, 0.25) is 5.91 Å². The molecule has 4 aliphatic heterocycles. The number of carbonyl (C=O) groups is 2. The van der Waals surface area contributed by atoms with Crippen LogP contribution in [0.15, 0.2) is 30.3 Å². The Bertz CT molecular complexity index is 1010. The maximum atomic E-state index is 13.7. The minimum absolute atomic E-state index is 0.0179. The van der Waals surface area contributed by atoms with E-state index in [2.05, 4.69) is 65.8 Å². The van der Waals surface area contributed by atoms with Crippen LogP contribution in [0.2, 0.25) is 0 Å². The highest BCUT2D eigenvalue weighted by molar-refractivity contribution is 5.83. The van der Waals surface area contributed by atoms with Crippen LogP contribution in [-0.2, 0) is 4.79 Å². The molecule has 6 heteroatoms. The summed E-state index contributed by atoms with van der Waals surface area (Å²) in [6.45, 7) is 10.2. The molecule has 37 heavy (non-hydrogen) atoms. The third-order valence-corrected chi connectivity index (χ3v) is 10.7. The molecule has 6 nitrogen and oxygen atoms in total. The van der Waals surface area contributed by atoms with E-state index in [1.807, 2.05) is 11.9 Å². The van der Waals surface area contributed by atoms with E-state index in [0.717, 1.165) is 51.9 Å². The second-order valence-corrected chi connectivity index (χ2v) is 13.6. The summed E-state index contributed by atoms with van der Waals surface area (Å²) in [6, 6.07) is 12.4. The van der Waals surface area contributed by atoms with Gasteiger partial charge in [-0.1, -0.05) is 50.1 Å². The Kier molecular flexibility index (Phi) is 6.33. The van der Waals surface area contributed by atoms with Gasteiger partial charge in [-0.15, -0.1) is 0 Å². The molecule has 0 aromatic heterocycles. The fourth-order valence-electron chi connectivity index (χ4n) is 9.10. The summed E-state index contributed by atoms with van der Waals surface area (Å²) in [4.78, 5) is 36.0. The standard InChI is InChI=1S/C31H46N4O2/c1-22(2)35-29(37)32(4)21-31(35)16-25-12-13-26(17-31)34(25)19-24-18-33(28(36)30(3)14-8-9-15-30)20-27(24)23-10-6-5-7-11-23/h5-7,10-11,22,24-27H,8-9,12-21H2,1-4H3/t24-,25?,26?,27-,31?/m1/s1. The maximum absolute atomic E-state index is 13.7. The molecule has 5 fully saturated rings. The number of likely N-dealkylation sites (tertiary alicyclic amines) is 1. The summed E-state index contributed by atoms with van der Waals surface area (Å²) in [6.07, 6.45) is 9.10. The van der Waals surface area contributed by atoms with Crippen LogP contribution in [0.4, 0.5) is 4.79 Å². The lowest BCUT2D eigenvalue weighted by atomic mass is 9.80. The van der Waals surface area contributed by atoms with E-state index in [0.29, 0.717) is 29.8 Å². The van der Waals surface area contributed by atoms with Gasteiger partial charge in [-0.05, 0) is 63.9 Å². The van der Waals surface area contributed by atoms with Gasteiger partial charge in [0.15, 0.2) is 0 Å². The van der Waals surface area contributed by atoms with Crippen molar-refractivity contribution in [2.75, 3.05) is 33.2 Å². The van der Waals surface area contributed by atoms with Crippen LogP contribution in [0.1, 0.15) is 83.6 Å². The summed E-state index contributed by atoms with van der Waals surface area (Å²) in [5, 5.41) is 0. The summed E-state index contributed by atoms with van der Waals surface area (Å²) in [7, 11) is 1.97. The molecule has 6 rings (SSSR count). The van der Waals surface area contributed by atoms with Crippen molar-refractivity contribution in [1.29, 1.82) is 0 Å². The highest BCUT2D eigenvalue weighted by Crippen LogP contribution is 2.49. The number of piperidine rings is 1. The molecule has 202 valence electrons. The molecule has 0 radical (unpaired) electrons. The number of nitrogens with zero attached hydrogens (tertiary/aromatic N) is 4. The first kappa shape index (κ1) is 25.2. The summed E-state index contributed by atoms with van der Waals surface area (Å²) in [5.41, 5.74) is 1.21. The van der Waals surface area contributed by atoms with Crippen molar-refractivity contribution in [3.05, 3.63) is 35.9 Å². The van der Waals surface area contributed by atoms with E-state index in [1.54, 1.807) is 0 Å². The van der Waals surface area contributed by atoms with Crippen LogP contribution in [0.5, 0.6) is 0 Å². The third-order valence-electron chi connectivity index (χ3n) is 10.7. The Balaban J connectivity index is 1.22. The van der Waals surface area contributed by atoms with Gasteiger partial charge < -0.3 is 14.7 Å². The lowest BCUT2D eigenvalue weighted by Crippen LogP contribution is -2.60. The molecule has 2 bridgehead atoms. The fourth-order valence-corrected chi connectivity index (χ4v) is 9.10. The van der Waals surface area contributed by atoms with Crippen molar-refractivity contribution < 1.29 is 9.59 Å². The molecule has 5 aliphatic rings. The molecule has 1 saturated carbocycles. The van der Waals surface area contributed by atoms with Gasteiger partial charge in [0.05, 0.1) is 5.54 Å². The summed E-state index contributed by atoms with van der Waals surface area (Å²) >= 11 is 0. The first-order valence-corrected chi connectivity index (χ1v) is 14.9. The quantitative estimate of drug-likeness (QED) is 0.568. The van der Waals surface area contributed by atoms with Crippen LogP contribution < -0.4 is 0 Å². The van der Waals surface area contributed by atoms with E-state index in [4.69, 9.17) is 0 Å². The average Bonchev–Trinajstić information content (AvgIpc) is 3.61. The van der Waals surface area contributed by atoms with Crippen molar-refractivity contribution in [2.24, 2.45) is 11.3 Å². The zero-order valence-electron chi connectivity index (χ0n) is 23.4. The Morgan fingerprint density at radius 2 is 1.68 bits per heavy atom. The fraction of sp³-hybridized carbons (Fsp3) is 0.742. The Morgan fingerprint density at radius 3 is 2.30 bits per heavy atom. The number of hydrogen-bond acceptors (Lipinski definition) is 3. The predicted octanol–water partition coefficient (Wildman–Crippen LogP) is 4.95. The normalized spacial score (nSPS) is 35.5. The third kappa shape index (κ3) is 4.18. The largest absolute Gasteiger partial charge is 0.341 e. The van der Waals surface area contributed by atoms with E-state index in [-0.39, 0.29) is 23.0 Å². The SMILES string of the molecule is CC(C)N1C(=O)N(C)CC12CC1CCC(C2)N1C[C@H]1CN(C(=O)C2(C)CCCC2)C[C@@H]1c1ccccc1. The second kappa shape index (κ2) is 9.29. The topological polar surface area (TPSA) is 47.1 Å². The minimum atomic E-state index is -0.159. The molecule has 1 spiro atoms. The van der Waals surface area contributed by atoms with Crippen molar-refractivity contribution in [2.45, 2.75) is 102 Å². The molecule has 4 atom stereocenters. The number of urea groups is 1. The van der Waals surface area contributed by atoms with Crippen molar-refractivity contribution in [3.63, 3.8) is 0 Å². The Hall–Kier alpha value is -2.08. The number of fused-ring (bicyclic) bond motifs is 2. The van der Waals surface area contributed by atoms with Crippen LogP contribution in [0, 0.1) is 11.3 Å². The smallest absolute Gasteiger partial charge is 0.320 e. The monoisotopic (exact) mass is 506 g/mol. The molecule has 4 saturated heterocycles. The average molecular weight is 507 g/mol. The molecule has 4 heterocycles. The van der Waals surface area contributed by atoms with Crippen LogP contribution in [-0.4, -0.2) is 88.4 Å². The van der Waals surface area contributed by atoms with Crippen molar-refractivity contribution in [3.8, 4) is 0 Å². The van der Waals surface area contributed by atoms with Crippen LogP contribution in [0.25, 0.3) is 0 Å².